The zero-order valence-electron chi connectivity index (χ0n) is 11.1. The number of aliphatic hydroxyl groups excluding tert-OH is 1. The Morgan fingerprint density at radius 3 is 2.81 bits per heavy atom. The molecule has 3 heteroatoms. The van der Waals surface area contributed by atoms with Gasteiger partial charge >= 0.3 is 0 Å². The van der Waals surface area contributed by atoms with E-state index in [9.17, 15) is 5.11 Å². The first-order chi connectivity index (χ1) is 7.63. The van der Waals surface area contributed by atoms with Crippen LogP contribution in [0.25, 0.3) is 0 Å². The average molecular weight is 228 g/mol. The molecule has 3 nitrogen and oxygen atoms in total. The molecule has 3 unspecified atom stereocenters. The maximum Gasteiger partial charge on any atom is 0.0636 e. The highest BCUT2D eigenvalue weighted by molar-refractivity contribution is 4.80. The molecule has 3 atom stereocenters. The van der Waals surface area contributed by atoms with Crippen molar-refractivity contribution in [1.82, 2.24) is 10.2 Å². The Balaban J connectivity index is 2.28. The first kappa shape index (κ1) is 13.9. The Morgan fingerprint density at radius 2 is 2.19 bits per heavy atom. The van der Waals surface area contributed by atoms with E-state index in [0.29, 0.717) is 12.6 Å². The lowest BCUT2D eigenvalue weighted by molar-refractivity contribution is 0.137. The molecule has 1 aliphatic heterocycles. The monoisotopic (exact) mass is 228 g/mol. The summed E-state index contributed by atoms with van der Waals surface area (Å²) >= 11 is 0. The summed E-state index contributed by atoms with van der Waals surface area (Å²) in [4.78, 5) is 2.58. The lowest BCUT2D eigenvalue weighted by atomic mass is 9.91. The summed E-state index contributed by atoms with van der Waals surface area (Å²) in [6.45, 7) is 10.8. The molecule has 1 aliphatic rings. The molecule has 1 rings (SSSR count). The Hall–Kier alpha value is -0.120. The lowest BCUT2D eigenvalue weighted by Gasteiger charge is -2.36. The van der Waals surface area contributed by atoms with Gasteiger partial charge in [-0.1, -0.05) is 6.92 Å². The zero-order chi connectivity index (χ0) is 12.0. The van der Waals surface area contributed by atoms with Gasteiger partial charge in [-0.3, -0.25) is 0 Å². The second-order valence-electron chi connectivity index (χ2n) is 5.25. The first-order valence-electron chi connectivity index (χ1n) is 6.77. The Bertz CT molecular complexity index is 183. The molecule has 0 aromatic heterocycles. The Labute approximate surface area is 100 Å². The molecule has 0 aliphatic carbocycles. The molecule has 16 heavy (non-hydrogen) atoms. The molecule has 2 N–H and O–H groups in total. The van der Waals surface area contributed by atoms with Crippen LogP contribution >= 0.6 is 0 Å². The van der Waals surface area contributed by atoms with Crippen LogP contribution in [0.15, 0.2) is 0 Å². The van der Waals surface area contributed by atoms with Gasteiger partial charge in [0.2, 0.25) is 0 Å². The highest BCUT2D eigenvalue weighted by atomic mass is 16.3. The summed E-state index contributed by atoms with van der Waals surface area (Å²) in [5.74, 6) is 0.749. The van der Waals surface area contributed by atoms with E-state index in [2.05, 4.69) is 24.1 Å². The van der Waals surface area contributed by atoms with E-state index in [-0.39, 0.29) is 6.10 Å². The average Bonchev–Trinajstić information content (AvgIpc) is 2.26. The number of aliphatic hydroxyl groups is 1. The van der Waals surface area contributed by atoms with Crippen LogP contribution in [0.5, 0.6) is 0 Å². The van der Waals surface area contributed by atoms with Crippen LogP contribution < -0.4 is 5.32 Å². The van der Waals surface area contributed by atoms with Crippen molar-refractivity contribution in [3.05, 3.63) is 0 Å². The summed E-state index contributed by atoms with van der Waals surface area (Å²) in [6.07, 6.45) is 3.67. The second kappa shape index (κ2) is 7.25. The van der Waals surface area contributed by atoms with Gasteiger partial charge in [-0.05, 0) is 52.1 Å². The number of hydrogen-bond acceptors (Lipinski definition) is 3. The normalized spacial score (nSPS) is 26.6. The highest BCUT2D eigenvalue weighted by Gasteiger charge is 2.23. The van der Waals surface area contributed by atoms with Crippen molar-refractivity contribution in [3.8, 4) is 0 Å². The van der Waals surface area contributed by atoms with Gasteiger partial charge < -0.3 is 15.3 Å². The molecule has 0 aromatic rings. The SMILES string of the molecule is CCCN1CCCC(C(C)NCC(C)O)C1. The van der Waals surface area contributed by atoms with E-state index in [0.717, 1.165) is 5.92 Å². The maximum absolute atomic E-state index is 9.26. The van der Waals surface area contributed by atoms with Gasteiger partial charge in [-0.2, -0.15) is 0 Å². The van der Waals surface area contributed by atoms with Gasteiger partial charge in [-0.25, -0.2) is 0 Å². The van der Waals surface area contributed by atoms with Crippen molar-refractivity contribution in [3.63, 3.8) is 0 Å². The number of hydrogen-bond donors (Lipinski definition) is 2. The van der Waals surface area contributed by atoms with Crippen LogP contribution in [0.1, 0.15) is 40.0 Å². The van der Waals surface area contributed by atoms with Crippen LogP contribution in [-0.2, 0) is 0 Å². The van der Waals surface area contributed by atoms with Crippen LogP contribution in [0.3, 0.4) is 0 Å². The van der Waals surface area contributed by atoms with Crippen molar-refractivity contribution in [2.24, 2.45) is 5.92 Å². The van der Waals surface area contributed by atoms with Crippen LogP contribution in [0.2, 0.25) is 0 Å². The fourth-order valence-electron chi connectivity index (χ4n) is 2.54. The topological polar surface area (TPSA) is 35.5 Å². The summed E-state index contributed by atoms with van der Waals surface area (Å²) in [5, 5.41) is 12.7. The molecule has 1 heterocycles. The summed E-state index contributed by atoms with van der Waals surface area (Å²) in [7, 11) is 0. The van der Waals surface area contributed by atoms with Crippen molar-refractivity contribution < 1.29 is 5.11 Å². The quantitative estimate of drug-likeness (QED) is 0.722. The first-order valence-corrected chi connectivity index (χ1v) is 6.77. The van der Waals surface area contributed by atoms with Gasteiger partial charge in [0, 0.05) is 19.1 Å². The summed E-state index contributed by atoms with van der Waals surface area (Å²) < 4.78 is 0. The minimum atomic E-state index is -0.238. The lowest BCUT2D eigenvalue weighted by Crippen LogP contribution is -2.46. The van der Waals surface area contributed by atoms with Gasteiger partial charge in [0.25, 0.3) is 0 Å². The maximum atomic E-state index is 9.26. The molecular weight excluding hydrogens is 200 g/mol. The smallest absolute Gasteiger partial charge is 0.0636 e. The molecule has 0 radical (unpaired) electrons. The van der Waals surface area contributed by atoms with Crippen LogP contribution in [0, 0.1) is 5.92 Å². The molecule has 0 saturated carbocycles. The van der Waals surface area contributed by atoms with Crippen molar-refractivity contribution in [2.45, 2.75) is 52.2 Å². The third-order valence-electron chi connectivity index (χ3n) is 3.52. The van der Waals surface area contributed by atoms with Gasteiger partial charge in [0.15, 0.2) is 0 Å². The molecular formula is C13H28N2O. The second-order valence-corrected chi connectivity index (χ2v) is 5.25. The third kappa shape index (κ3) is 4.81. The standard InChI is InChI=1S/C13H28N2O/c1-4-7-15-8-5-6-13(10-15)12(3)14-9-11(2)16/h11-14,16H,4-10H2,1-3H3. The summed E-state index contributed by atoms with van der Waals surface area (Å²) in [6, 6.07) is 0.522. The van der Waals surface area contributed by atoms with Gasteiger partial charge in [-0.15, -0.1) is 0 Å². The van der Waals surface area contributed by atoms with Crippen molar-refractivity contribution in [1.29, 1.82) is 0 Å². The molecule has 0 aromatic carbocycles. The predicted molar refractivity (Wildman–Crippen MR) is 68.6 cm³/mol. The molecule has 96 valence electrons. The van der Waals surface area contributed by atoms with Crippen LogP contribution in [0.4, 0.5) is 0 Å². The fraction of sp³-hybridized carbons (Fsp3) is 1.00. The van der Waals surface area contributed by atoms with Gasteiger partial charge in [0.05, 0.1) is 6.10 Å². The molecule has 1 saturated heterocycles. The Morgan fingerprint density at radius 1 is 1.44 bits per heavy atom. The van der Waals surface area contributed by atoms with E-state index in [1.54, 1.807) is 0 Å². The highest BCUT2D eigenvalue weighted by Crippen LogP contribution is 2.19. The van der Waals surface area contributed by atoms with Gasteiger partial charge in [0.1, 0.15) is 0 Å². The van der Waals surface area contributed by atoms with E-state index in [1.807, 2.05) is 6.92 Å². The predicted octanol–water partition coefficient (Wildman–Crippen LogP) is 1.47. The molecule has 1 fully saturated rings. The van der Waals surface area contributed by atoms with Crippen molar-refractivity contribution >= 4 is 0 Å². The van der Waals surface area contributed by atoms with E-state index < -0.39 is 0 Å². The van der Waals surface area contributed by atoms with E-state index >= 15 is 0 Å². The summed E-state index contributed by atoms with van der Waals surface area (Å²) in [5.41, 5.74) is 0. The molecule has 0 spiro atoms. The molecule has 0 bridgehead atoms. The fourth-order valence-corrected chi connectivity index (χ4v) is 2.54. The number of piperidine rings is 1. The zero-order valence-corrected chi connectivity index (χ0v) is 11.1. The van der Waals surface area contributed by atoms with E-state index in [1.165, 1.54) is 38.9 Å². The number of nitrogens with zero attached hydrogens (tertiary/aromatic N) is 1. The third-order valence-corrected chi connectivity index (χ3v) is 3.52. The largest absolute Gasteiger partial charge is 0.392 e. The number of likely N-dealkylation sites (tertiary alicyclic amines) is 1. The van der Waals surface area contributed by atoms with E-state index in [4.69, 9.17) is 0 Å². The number of nitrogens with one attached hydrogen (secondary N) is 1. The number of rotatable bonds is 6. The molecule has 0 amide bonds. The minimum Gasteiger partial charge on any atom is -0.392 e. The van der Waals surface area contributed by atoms with Crippen LogP contribution in [-0.4, -0.2) is 48.3 Å². The Kier molecular flexibility index (Phi) is 6.32. The van der Waals surface area contributed by atoms with Crippen molar-refractivity contribution in [2.75, 3.05) is 26.2 Å². The minimum absolute atomic E-state index is 0.238.